The van der Waals surface area contributed by atoms with Crippen molar-refractivity contribution in [3.63, 3.8) is 0 Å². The summed E-state index contributed by atoms with van der Waals surface area (Å²) in [6.45, 7) is 9.43. The van der Waals surface area contributed by atoms with Crippen molar-refractivity contribution >= 4 is 16.9 Å². The predicted molar refractivity (Wildman–Crippen MR) is 109 cm³/mol. The van der Waals surface area contributed by atoms with Crippen LogP contribution >= 0.6 is 0 Å². The zero-order valence-corrected chi connectivity index (χ0v) is 17.0. The third-order valence-corrected chi connectivity index (χ3v) is 4.98. The fourth-order valence-electron chi connectivity index (χ4n) is 3.66. The zero-order chi connectivity index (χ0) is 20.4. The van der Waals surface area contributed by atoms with Crippen LogP contribution in [0, 0.1) is 11.3 Å². The molecule has 3 rings (SSSR count). The maximum Gasteiger partial charge on any atom is 0.337 e. The highest BCUT2D eigenvalue weighted by atomic mass is 16.5. The van der Waals surface area contributed by atoms with Crippen molar-refractivity contribution in [2.75, 3.05) is 0 Å². The summed E-state index contributed by atoms with van der Waals surface area (Å²) in [5.74, 6) is -0.892. The van der Waals surface area contributed by atoms with Gasteiger partial charge in [-0.05, 0) is 57.4 Å². The number of carbonyl (C=O) groups excluding carboxylic acids is 1. The number of nitriles is 1. The molecule has 0 fully saturated rings. The summed E-state index contributed by atoms with van der Waals surface area (Å²) in [7, 11) is 0. The van der Waals surface area contributed by atoms with Gasteiger partial charge >= 0.3 is 5.97 Å². The van der Waals surface area contributed by atoms with E-state index in [1.807, 2.05) is 52.1 Å². The molecule has 144 valence electrons. The number of hydrogen-bond acceptors (Lipinski definition) is 5. The lowest BCUT2D eigenvalue weighted by Gasteiger charge is -2.29. The summed E-state index contributed by atoms with van der Waals surface area (Å²) in [6, 6.07) is 10.3. The average molecular weight is 375 g/mol. The number of hydrogen-bond donors (Lipinski definition) is 1. The van der Waals surface area contributed by atoms with Crippen LogP contribution in [0.5, 0.6) is 0 Å². The molecule has 0 bridgehead atoms. The standard InChI is InChI=1S/C23H25N3O2/c1-6-16-10-18-17(8-7-9-20(18)25-12-16)22-19(11-24)14(4)26-15(5)21(22)23(27)28-13(2)3/h7-10,12-13,22,26H,6H2,1-5H3/t22-/m0/s1. The number of aromatic nitrogens is 1. The SMILES string of the molecule is CCc1cnc2cccc([C@H]3C(C#N)=C(C)NC(C)=C3C(=O)OC(C)C)c2c1. The first-order valence-corrected chi connectivity index (χ1v) is 9.54. The van der Waals surface area contributed by atoms with Gasteiger partial charge in [-0.15, -0.1) is 0 Å². The van der Waals surface area contributed by atoms with E-state index in [4.69, 9.17) is 4.74 Å². The van der Waals surface area contributed by atoms with Crippen molar-refractivity contribution < 1.29 is 9.53 Å². The third kappa shape index (κ3) is 3.50. The van der Waals surface area contributed by atoms with Gasteiger partial charge in [0.15, 0.2) is 0 Å². The number of fused-ring (bicyclic) bond motifs is 1. The van der Waals surface area contributed by atoms with Crippen molar-refractivity contribution in [2.24, 2.45) is 0 Å². The Morgan fingerprint density at radius 1 is 1.32 bits per heavy atom. The summed E-state index contributed by atoms with van der Waals surface area (Å²) >= 11 is 0. The second-order valence-corrected chi connectivity index (χ2v) is 7.31. The van der Waals surface area contributed by atoms with E-state index in [9.17, 15) is 10.1 Å². The molecule has 1 atom stereocenters. The number of esters is 1. The number of aryl methyl sites for hydroxylation is 1. The van der Waals surface area contributed by atoms with Gasteiger partial charge < -0.3 is 10.1 Å². The predicted octanol–water partition coefficient (Wildman–Crippen LogP) is 4.51. The Morgan fingerprint density at radius 2 is 2.07 bits per heavy atom. The molecule has 5 nitrogen and oxygen atoms in total. The highest BCUT2D eigenvalue weighted by molar-refractivity contribution is 5.95. The normalized spacial score (nSPS) is 17.0. The van der Waals surface area contributed by atoms with Crippen LogP contribution in [0.15, 0.2) is 53.0 Å². The average Bonchev–Trinajstić information content (AvgIpc) is 2.65. The molecule has 1 N–H and O–H groups in total. The molecule has 0 aliphatic carbocycles. The van der Waals surface area contributed by atoms with E-state index in [0.717, 1.165) is 34.1 Å². The van der Waals surface area contributed by atoms with Crippen molar-refractivity contribution in [2.45, 2.75) is 53.1 Å². The van der Waals surface area contributed by atoms with Crippen LogP contribution in [0.4, 0.5) is 0 Å². The molecule has 0 amide bonds. The molecule has 2 heterocycles. The van der Waals surface area contributed by atoms with E-state index >= 15 is 0 Å². The summed E-state index contributed by atoms with van der Waals surface area (Å²) in [5, 5.41) is 14.0. The van der Waals surface area contributed by atoms with Crippen molar-refractivity contribution in [1.29, 1.82) is 5.26 Å². The van der Waals surface area contributed by atoms with Gasteiger partial charge in [0.05, 0.1) is 34.8 Å². The summed E-state index contributed by atoms with van der Waals surface area (Å²) < 4.78 is 5.51. The van der Waals surface area contributed by atoms with Crippen LogP contribution in [0.25, 0.3) is 10.9 Å². The summed E-state index contributed by atoms with van der Waals surface area (Å²) in [6.07, 6.45) is 2.49. The fourth-order valence-corrected chi connectivity index (χ4v) is 3.66. The molecule has 0 radical (unpaired) electrons. The van der Waals surface area contributed by atoms with Gasteiger partial charge in [0, 0.05) is 23.0 Å². The minimum Gasteiger partial charge on any atom is -0.460 e. The van der Waals surface area contributed by atoms with Crippen molar-refractivity contribution in [3.05, 3.63) is 64.1 Å². The zero-order valence-electron chi connectivity index (χ0n) is 17.0. The Labute approximate surface area is 165 Å². The molecule has 1 aliphatic rings. The number of carbonyl (C=O) groups is 1. The number of ether oxygens (including phenoxy) is 1. The lowest BCUT2D eigenvalue weighted by molar-refractivity contribution is -0.143. The van der Waals surface area contributed by atoms with Gasteiger partial charge in [-0.3, -0.25) is 4.98 Å². The first-order chi connectivity index (χ1) is 13.4. The van der Waals surface area contributed by atoms with E-state index in [2.05, 4.69) is 29.4 Å². The third-order valence-electron chi connectivity index (χ3n) is 4.98. The van der Waals surface area contributed by atoms with E-state index in [0.29, 0.717) is 16.8 Å². The maximum atomic E-state index is 13.0. The number of dihydropyridines is 1. The highest BCUT2D eigenvalue weighted by Crippen LogP contribution is 2.41. The number of nitrogens with one attached hydrogen (secondary N) is 1. The summed E-state index contributed by atoms with van der Waals surface area (Å²) in [5.41, 5.74) is 5.32. The Kier molecular flexibility index (Phi) is 5.51. The minimum absolute atomic E-state index is 0.244. The van der Waals surface area contributed by atoms with Crippen LogP contribution in [-0.4, -0.2) is 17.1 Å². The topological polar surface area (TPSA) is 75.0 Å². The van der Waals surface area contributed by atoms with Gasteiger partial charge in [-0.1, -0.05) is 19.1 Å². The number of nitrogens with zero attached hydrogens (tertiary/aromatic N) is 2. The van der Waals surface area contributed by atoms with Gasteiger partial charge in [0.2, 0.25) is 0 Å². The van der Waals surface area contributed by atoms with Crippen LogP contribution in [0.1, 0.15) is 51.7 Å². The molecule has 0 saturated heterocycles. The molecule has 2 aromatic rings. The van der Waals surface area contributed by atoms with Gasteiger partial charge in [0.25, 0.3) is 0 Å². The van der Waals surface area contributed by atoms with Crippen LogP contribution in [0.2, 0.25) is 0 Å². The molecule has 1 aromatic carbocycles. The van der Waals surface area contributed by atoms with Crippen molar-refractivity contribution in [3.8, 4) is 6.07 Å². The molecule has 0 unspecified atom stereocenters. The monoisotopic (exact) mass is 375 g/mol. The number of benzene rings is 1. The molecular weight excluding hydrogens is 350 g/mol. The second kappa shape index (κ2) is 7.85. The fraction of sp³-hybridized carbons (Fsp3) is 0.348. The van der Waals surface area contributed by atoms with Gasteiger partial charge in [-0.25, -0.2) is 4.79 Å². The molecule has 1 aromatic heterocycles. The summed E-state index contributed by atoms with van der Waals surface area (Å²) in [4.78, 5) is 17.5. The molecule has 28 heavy (non-hydrogen) atoms. The highest BCUT2D eigenvalue weighted by Gasteiger charge is 2.35. The Bertz CT molecular complexity index is 1040. The molecule has 0 spiro atoms. The van der Waals surface area contributed by atoms with Gasteiger partial charge in [-0.2, -0.15) is 5.26 Å². The Morgan fingerprint density at radius 3 is 2.71 bits per heavy atom. The number of pyridine rings is 1. The van der Waals surface area contributed by atoms with E-state index in [1.54, 1.807) is 0 Å². The van der Waals surface area contributed by atoms with E-state index in [1.165, 1.54) is 0 Å². The maximum absolute atomic E-state index is 13.0. The Balaban J connectivity index is 2.28. The lowest BCUT2D eigenvalue weighted by Crippen LogP contribution is -2.29. The smallest absolute Gasteiger partial charge is 0.337 e. The van der Waals surface area contributed by atoms with E-state index in [-0.39, 0.29) is 6.10 Å². The molecule has 1 aliphatic heterocycles. The van der Waals surface area contributed by atoms with Crippen LogP contribution in [-0.2, 0) is 16.0 Å². The second-order valence-electron chi connectivity index (χ2n) is 7.31. The van der Waals surface area contributed by atoms with Crippen LogP contribution < -0.4 is 5.32 Å². The first-order valence-electron chi connectivity index (χ1n) is 9.54. The Hall–Kier alpha value is -3.13. The number of allylic oxidation sites excluding steroid dienone is 3. The van der Waals surface area contributed by atoms with E-state index < -0.39 is 11.9 Å². The minimum atomic E-state index is -0.491. The molecule has 5 heteroatoms. The lowest BCUT2D eigenvalue weighted by atomic mass is 9.79. The van der Waals surface area contributed by atoms with Crippen molar-refractivity contribution in [1.82, 2.24) is 10.3 Å². The van der Waals surface area contributed by atoms with Crippen LogP contribution in [0.3, 0.4) is 0 Å². The van der Waals surface area contributed by atoms with Gasteiger partial charge in [0.1, 0.15) is 0 Å². The molecular formula is C23H25N3O2. The number of rotatable bonds is 4. The molecule has 0 saturated carbocycles. The quantitative estimate of drug-likeness (QED) is 0.796. The first kappa shape index (κ1) is 19.6. The largest absolute Gasteiger partial charge is 0.460 e.